The molecule has 0 amide bonds. The summed E-state index contributed by atoms with van der Waals surface area (Å²) in [5, 5.41) is 11.9. The maximum atomic E-state index is 8.00. The van der Waals surface area contributed by atoms with Gasteiger partial charge in [0, 0.05) is 11.9 Å². The van der Waals surface area contributed by atoms with E-state index in [9.17, 15) is 0 Å². The molecule has 0 aromatic carbocycles. The Bertz CT molecular complexity index is 376. The molecule has 0 aliphatic heterocycles. The Balaban J connectivity index is 0. The zero-order valence-electron chi connectivity index (χ0n) is 19.8. The van der Waals surface area contributed by atoms with E-state index < -0.39 is 33.3 Å². The van der Waals surface area contributed by atoms with Crippen LogP contribution in [0.1, 0.15) is 12.8 Å². The van der Waals surface area contributed by atoms with E-state index in [4.69, 9.17) is 13.3 Å². The van der Waals surface area contributed by atoms with Crippen LogP contribution in [0.2, 0.25) is 77.1 Å². The predicted molar refractivity (Wildman–Crippen MR) is 136 cm³/mol. The summed E-state index contributed by atoms with van der Waals surface area (Å²) in [7, 11) is -4.20. The van der Waals surface area contributed by atoms with Crippen molar-refractivity contribution < 1.29 is 13.3 Å². The highest BCUT2D eigenvalue weighted by Crippen LogP contribution is 2.28. The number of aliphatic hydroxyl groups excluding tert-OH is 1. The van der Waals surface area contributed by atoms with E-state index >= 15 is 0 Å². The molecule has 4 nitrogen and oxygen atoms in total. The Labute approximate surface area is 182 Å². The molecule has 27 heavy (non-hydrogen) atoms. The van der Waals surface area contributed by atoms with Crippen molar-refractivity contribution in [1.29, 1.82) is 0 Å². The average molecular weight is 519 g/mol. The number of unbranched alkanes of at least 4 members (excludes halogenated alkanes) is 1. The van der Waals surface area contributed by atoms with Crippen LogP contribution in [-0.2, 0) is 8.23 Å². The summed E-state index contributed by atoms with van der Waals surface area (Å²) in [4.78, 5) is 0. The van der Waals surface area contributed by atoms with Crippen LogP contribution < -0.4 is 5.32 Å². The summed E-state index contributed by atoms with van der Waals surface area (Å²) in [6, 6.07) is 3.80. The van der Waals surface area contributed by atoms with Crippen molar-refractivity contribution >= 4 is 49.2 Å². The van der Waals surface area contributed by atoms with E-state index in [2.05, 4.69) is 80.2 Å². The van der Waals surface area contributed by atoms with Gasteiger partial charge in [0.05, 0.1) is 6.61 Å². The van der Waals surface area contributed by atoms with Gasteiger partial charge in [-0.2, -0.15) is 0 Å². The quantitative estimate of drug-likeness (QED) is 0.183. The van der Waals surface area contributed by atoms with Crippen molar-refractivity contribution in [2.24, 2.45) is 0 Å². The molecule has 0 bridgehead atoms. The zero-order chi connectivity index (χ0) is 21.8. The van der Waals surface area contributed by atoms with Gasteiger partial charge in [-0.25, -0.2) is 0 Å². The van der Waals surface area contributed by atoms with Crippen molar-refractivity contribution in [2.75, 3.05) is 25.5 Å². The van der Waals surface area contributed by atoms with Crippen molar-refractivity contribution in [3.05, 3.63) is 0 Å². The van der Waals surface area contributed by atoms with Gasteiger partial charge in [0.2, 0.25) is 0 Å². The molecule has 0 rings (SSSR count). The lowest BCUT2D eigenvalue weighted by Crippen LogP contribution is -2.47. The molecule has 0 heterocycles. The zero-order valence-corrected chi connectivity index (χ0v) is 25.4. The summed E-state index contributed by atoms with van der Waals surface area (Å²) in [5.41, 5.74) is 0. The maximum Gasteiger partial charge on any atom is 0.173 e. The molecular weight excluding hydrogens is 470 g/mol. The Morgan fingerprint density at radius 1 is 0.741 bits per heavy atom. The fraction of sp³-hybridized carbons (Fsp3) is 1.00. The number of alkyl halides is 1. The molecule has 0 unspecified atom stereocenters. The van der Waals surface area contributed by atoms with Crippen LogP contribution in [0, 0.1) is 0 Å². The smallest absolute Gasteiger partial charge is 0.173 e. The molecular formula is C18H48BrNO3Si4. The van der Waals surface area contributed by atoms with E-state index in [1.165, 1.54) is 31.0 Å². The maximum absolute atomic E-state index is 8.00. The van der Waals surface area contributed by atoms with Crippen LogP contribution in [0.15, 0.2) is 0 Å². The number of halogens is 1. The first-order chi connectivity index (χ1) is 12.1. The molecule has 0 spiro atoms. The van der Waals surface area contributed by atoms with Crippen molar-refractivity contribution in [3.8, 4) is 0 Å². The fourth-order valence-corrected chi connectivity index (χ4v) is 23.2. The topological polar surface area (TPSA) is 50.7 Å². The lowest BCUT2D eigenvalue weighted by molar-refractivity contribution is 0.296. The molecule has 9 heteroatoms. The molecule has 0 saturated heterocycles. The molecule has 0 aliphatic rings. The summed E-state index contributed by atoms with van der Waals surface area (Å²) >= 11 is 3.53. The average Bonchev–Trinajstić information content (AvgIpc) is 2.43. The molecule has 166 valence electrons. The van der Waals surface area contributed by atoms with Gasteiger partial charge in [-0.05, 0) is 90.5 Å². The molecule has 0 saturated carbocycles. The first-order valence-electron chi connectivity index (χ1n) is 10.3. The van der Waals surface area contributed by atoms with Crippen LogP contribution in [0.25, 0.3) is 0 Å². The molecule has 0 aromatic rings. The summed E-state index contributed by atoms with van der Waals surface area (Å²) in [6.45, 7) is 22.2. The molecule has 0 aromatic heterocycles. The SMILES string of the molecule is CNCCO.C[Si](C)(C)O[Si](C)(C)CC[Si](C)(C)O[Si](C)(C)CCCCBr. The lowest BCUT2D eigenvalue weighted by atomic mass is 10.4. The van der Waals surface area contributed by atoms with E-state index in [0.29, 0.717) is 6.54 Å². The summed E-state index contributed by atoms with van der Waals surface area (Å²) in [5.74, 6) is 0. The van der Waals surface area contributed by atoms with E-state index in [0.717, 1.165) is 5.33 Å². The van der Waals surface area contributed by atoms with Crippen LogP contribution in [0.5, 0.6) is 0 Å². The third-order valence-electron chi connectivity index (χ3n) is 3.99. The highest BCUT2D eigenvalue weighted by Gasteiger charge is 2.36. The molecule has 0 fully saturated rings. The first kappa shape index (κ1) is 30.4. The summed E-state index contributed by atoms with van der Waals surface area (Å²) < 4.78 is 13.2. The third-order valence-corrected chi connectivity index (χ3v) is 18.6. The van der Waals surface area contributed by atoms with Gasteiger partial charge in [0.15, 0.2) is 33.3 Å². The van der Waals surface area contributed by atoms with Crippen molar-refractivity contribution in [2.45, 2.75) is 89.9 Å². The largest absolute Gasteiger partial charge is 0.456 e. The minimum Gasteiger partial charge on any atom is -0.456 e. The highest BCUT2D eigenvalue weighted by molar-refractivity contribution is 9.09. The predicted octanol–water partition coefficient (Wildman–Crippen LogP) is 5.84. The number of aliphatic hydroxyl groups is 1. The monoisotopic (exact) mass is 517 g/mol. The Morgan fingerprint density at radius 2 is 1.19 bits per heavy atom. The Morgan fingerprint density at radius 3 is 1.52 bits per heavy atom. The Hall–Kier alpha value is 1.19. The normalized spacial score (nSPS) is 13.3. The van der Waals surface area contributed by atoms with E-state index in [1.807, 2.05) is 0 Å². The second-order valence-electron chi connectivity index (χ2n) is 10.1. The highest BCUT2D eigenvalue weighted by atomic mass is 79.9. The second kappa shape index (κ2) is 14.2. The second-order valence-corrected chi connectivity index (χ2v) is 28.8. The fourth-order valence-electron chi connectivity index (χ4n) is 3.09. The standard InChI is InChI=1S/C15H39BrO2Si4.C3H9NO/c1-19(2,3)17-21(6,7)14-15-22(8,9)18-20(4,5)13-11-10-12-16;1-4-2-3-5/h10-15H2,1-9H3;4-5H,2-3H2,1H3. The minimum atomic E-state index is -1.56. The summed E-state index contributed by atoms with van der Waals surface area (Å²) in [6.07, 6.45) is 2.57. The van der Waals surface area contributed by atoms with Crippen LogP contribution >= 0.6 is 15.9 Å². The lowest BCUT2D eigenvalue weighted by Gasteiger charge is -2.37. The van der Waals surface area contributed by atoms with Crippen molar-refractivity contribution in [3.63, 3.8) is 0 Å². The van der Waals surface area contributed by atoms with Crippen LogP contribution in [0.4, 0.5) is 0 Å². The van der Waals surface area contributed by atoms with Gasteiger partial charge in [-0.3, -0.25) is 0 Å². The molecule has 0 atom stereocenters. The van der Waals surface area contributed by atoms with E-state index in [1.54, 1.807) is 7.05 Å². The van der Waals surface area contributed by atoms with Gasteiger partial charge in [0.25, 0.3) is 0 Å². The minimum absolute atomic E-state index is 0.233. The number of rotatable bonds is 13. The van der Waals surface area contributed by atoms with Gasteiger partial charge in [0.1, 0.15) is 0 Å². The number of hydrogen-bond acceptors (Lipinski definition) is 4. The molecule has 0 aliphatic carbocycles. The van der Waals surface area contributed by atoms with Gasteiger partial charge < -0.3 is 18.7 Å². The third kappa shape index (κ3) is 21.7. The van der Waals surface area contributed by atoms with Gasteiger partial charge >= 0.3 is 0 Å². The van der Waals surface area contributed by atoms with Gasteiger partial charge in [-0.1, -0.05) is 22.4 Å². The molecule has 2 N–H and O–H groups in total. The number of likely N-dealkylation sites (N-methyl/N-ethyl adjacent to an activating group) is 1. The van der Waals surface area contributed by atoms with Crippen LogP contribution in [-0.4, -0.2) is 63.9 Å². The number of nitrogens with one attached hydrogen (secondary N) is 1. The molecule has 0 radical (unpaired) electrons. The Kier molecular flexibility index (Phi) is 16.0. The van der Waals surface area contributed by atoms with Crippen LogP contribution in [0.3, 0.4) is 0 Å². The number of hydrogen-bond donors (Lipinski definition) is 2. The van der Waals surface area contributed by atoms with Gasteiger partial charge in [-0.15, -0.1) is 0 Å². The van der Waals surface area contributed by atoms with Crippen molar-refractivity contribution in [1.82, 2.24) is 5.32 Å². The first-order valence-corrected chi connectivity index (χ1v) is 24.2. The van der Waals surface area contributed by atoms with E-state index in [-0.39, 0.29) is 6.61 Å².